The molecule has 0 aliphatic carbocycles. The van der Waals surface area contributed by atoms with Gasteiger partial charge in [0, 0.05) is 25.1 Å². The van der Waals surface area contributed by atoms with E-state index in [0.717, 1.165) is 28.9 Å². The van der Waals surface area contributed by atoms with E-state index in [-0.39, 0.29) is 34.3 Å². The molecular formula is C27H19F2N5O. The smallest absolute Gasteiger partial charge is 0.282 e. The van der Waals surface area contributed by atoms with Crippen LogP contribution in [0, 0.1) is 18.6 Å². The first-order valence-electron chi connectivity index (χ1n) is 11.1. The van der Waals surface area contributed by atoms with Gasteiger partial charge in [-0.05, 0) is 54.4 Å². The molecular weight excluding hydrogens is 448 g/mol. The monoisotopic (exact) mass is 467 g/mol. The summed E-state index contributed by atoms with van der Waals surface area (Å²) in [6, 6.07) is 18.9. The predicted molar refractivity (Wildman–Crippen MR) is 129 cm³/mol. The minimum atomic E-state index is -0.635. The number of benzene rings is 3. The molecule has 0 N–H and O–H groups in total. The second-order valence-corrected chi connectivity index (χ2v) is 8.39. The van der Waals surface area contributed by atoms with Crippen molar-refractivity contribution in [3.8, 4) is 22.6 Å². The first kappa shape index (κ1) is 21.0. The lowest BCUT2D eigenvalue weighted by Gasteiger charge is -2.15. The molecule has 0 unspecified atom stereocenters. The Morgan fingerprint density at radius 3 is 2.43 bits per heavy atom. The molecule has 0 radical (unpaired) electrons. The van der Waals surface area contributed by atoms with Crippen LogP contribution in [-0.2, 0) is 6.54 Å². The molecule has 0 atom stereocenters. The van der Waals surface area contributed by atoms with Crippen LogP contribution in [0.2, 0.25) is 0 Å². The number of halogens is 2. The van der Waals surface area contributed by atoms with E-state index in [2.05, 4.69) is 10.2 Å². The molecule has 3 aromatic carbocycles. The van der Waals surface area contributed by atoms with Crippen molar-refractivity contribution in [2.24, 2.45) is 0 Å². The SMILES string of the molecule is Cc1ccccc1-n1nc2c3c(F)ccc(F)c3n(Cc3ccc(-n4cccn4)cc3)cc-2c1=O. The van der Waals surface area contributed by atoms with Crippen LogP contribution in [0.3, 0.4) is 0 Å². The Labute approximate surface area is 198 Å². The number of pyridine rings is 1. The van der Waals surface area contributed by atoms with Gasteiger partial charge in [-0.1, -0.05) is 30.3 Å². The number of rotatable bonds is 4. The Bertz CT molecular complexity index is 1720. The molecule has 0 bridgehead atoms. The van der Waals surface area contributed by atoms with E-state index in [0.29, 0.717) is 5.69 Å². The Balaban J connectivity index is 1.55. The molecule has 4 aromatic rings. The third kappa shape index (κ3) is 3.42. The van der Waals surface area contributed by atoms with Gasteiger partial charge < -0.3 is 4.57 Å². The van der Waals surface area contributed by atoms with E-state index in [1.807, 2.05) is 55.6 Å². The minimum Gasteiger partial charge on any atom is -0.340 e. The molecule has 35 heavy (non-hydrogen) atoms. The van der Waals surface area contributed by atoms with Gasteiger partial charge in [0.05, 0.1) is 27.8 Å². The zero-order valence-corrected chi connectivity index (χ0v) is 18.7. The summed E-state index contributed by atoms with van der Waals surface area (Å²) >= 11 is 0. The molecule has 0 saturated heterocycles. The summed E-state index contributed by atoms with van der Waals surface area (Å²) in [4.78, 5) is 13.4. The number of fused-ring (bicyclic) bond motifs is 3. The van der Waals surface area contributed by atoms with Gasteiger partial charge in [-0.15, -0.1) is 0 Å². The number of hydrogen-bond donors (Lipinski definition) is 0. The number of nitrogens with zero attached hydrogens (tertiary/aromatic N) is 5. The van der Waals surface area contributed by atoms with Gasteiger partial charge in [-0.3, -0.25) is 4.79 Å². The van der Waals surface area contributed by atoms with E-state index in [4.69, 9.17) is 0 Å². The Hall–Kier alpha value is -4.59. The molecule has 0 spiro atoms. The molecule has 8 heteroatoms. The molecule has 0 saturated carbocycles. The fraction of sp³-hybridized carbons (Fsp3) is 0.0741. The van der Waals surface area contributed by atoms with Crippen molar-refractivity contribution in [2.75, 3.05) is 0 Å². The molecule has 1 aromatic heterocycles. The normalized spacial score (nSPS) is 11.5. The minimum absolute atomic E-state index is 0.0138. The van der Waals surface area contributed by atoms with E-state index >= 15 is 8.78 Å². The Morgan fingerprint density at radius 2 is 1.69 bits per heavy atom. The topological polar surface area (TPSA) is 57.6 Å². The molecule has 6 nitrogen and oxygen atoms in total. The van der Waals surface area contributed by atoms with Crippen molar-refractivity contribution in [3.05, 3.63) is 118 Å². The van der Waals surface area contributed by atoms with E-state index in [1.165, 1.54) is 4.68 Å². The van der Waals surface area contributed by atoms with Crippen LogP contribution in [0.4, 0.5) is 8.78 Å². The number of aryl methyl sites for hydroxylation is 1. The molecule has 2 aliphatic rings. The third-order valence-corrected chi connectivity index (χ3v) is 6.17. The summed E-state index contributed by atoms with van der Waals surface area (Å²) in [5.74, 6) is -1.22. The van der Waals surface area contributed by atoms with Crippen molar-refractivity contribution < 1.29 is 8.78 Å². The molecule has 172 valence electrons. The summed E-state index contributed by atoms with van der Waals surface area (Å²) in [7, 11) is 0. The van der Waals surface area contributed by atoms with Crippen LogP contribution in [0.15, 0.2) is 90.1 Å². The fourth-order valence-electron chi connectivity index (χ4n) is 4.44. The highest BCUT2D eigenvalue weighted by molar-refractivity contribution is 5.94. The van der Waals surface area contributed by atoms with Crippen LogP contribution in [-0.4, -0.2) is 24.1 Å². The van der Waals surface area contributed by atoms with Crippen LogP contribution < -0.4 is 5.56 Å². The first-order chi connectivity index (χ1) is 17.0. The number of para-hydroxylation sites is 1. The standard InChI is InChI=1S/C27H19F2N5O/c1-17-5-2-3-6-23(17)34-27(35)20-16-32(26-22(29)12-11-21(28)24(26)25(20)31-34)15-18-7-9-19(10-8-18)33-14-4-13-30-33/h2-14,16H,15H2,1H3. The number of aromatic nitrogens is 5. The third-order valence-electron chi connectivity index (χ3n) is 6.17. The van der Waals surface area contributed by atoms with Gasteiger partial charge >= 0.3 is 0 Å². The Kier molecular flexibility index (Phi) is 4.81. The van der Waals surface area contributed by atoms with Crippen molar-refractivity contribution >= 4 is 10.9 Å². The predicted octanol–water partition coefficient (Wildman–Crippen LogP) is 5.11. The van der Waals surface area contributed by atoms with Crippen molar-refractivity contribution in [3.63, 3.8) is 0 Å². The summed E-state index contributed by atoms with van der Waals surface area (Å²) < 4.78 is 34.8. The fourth-order valence-corrected chi connectivity index (χ4v) is 4.44. The lowest BCUT2D eigenvalue weighted by molar-refractivity contribution is 0.607. The van der Waals surface area contributed by atoms with E-state index in [1.54, 1.807) is 33.8 Å². The van der Waals surface area contributed by atoms with Crippen molar-refractivity contribution in [2.45, 2.75) is 13.5 Å². The molecule has 0 fully saturated rings. The highest BCUT2D eigenvalue weighted by Crippen LogP contribution is 2.32. The Morgan fingerprint density at radius 1 is 0.914 bits per heavy atom. The van der Waals surface area contributed by atoms with Crippen LogP contribution in [0.25, 0.3) is 33.5 Å². The second kappa shape index (κ2) is 8.02. The van der Waals surface area contributed by atoms with Gasteiger partial charge in [-0.2, -0.15) is 14.9 Å². The van der Waals surface area contributed by atoms with Crippen LogP contribution >= 0.6 is 0 Å². The highest BCUT2D eigenvalue weighted by Gasteiger charge is 2.25. The summed E-state index contributed by atoms with van der Waals surface area (Å²) in [6.07, 6.45) is 5.09. The van der Waals surface area contributed by atoms with Gasteiger partial charge in [0.1, 0.15) is 17.3 Å². The average molecular weight is 467 g/mol. The van der Waals surface area contributed by atoms with Gasteiger partial charge in [-0.25, -0.2) is 13.5 Å². The van der Waals surface area contributed by atoms with E-state index in [9.17, 15) is 4.79 Å². The molecule has 2 aliphatic heterocycles. The maximum Gasteiger partial charge on any atom is 0.282 e. The van der Waals surface area contributed by atoms with Crippen molar-refractivity contribution in [1.29, 1.82) is 0 Å². The maximum atomic E-state index is 15.1. The summed E-state index contributed by atoms with van der Waals surface area (Å²) in [5.41, 5.74) is 3.20. The molecule has 0 amide bonds. The molecule has 3 heterocycles. The van der Waals surface area contributed by atoms with Gasteiger partial charge in [0.25, 0.3) is 5.56 Å². The number of hydrogen-bond acceptors (Lipinski definition) is 3. The van der Waals surface area contributed by atoms with Crippen LogP contribution in [0.1, 0.15) is 11.1 Å². The summed E-state index contributed by atoms with van der Waals surface area (Å²) in [6.45, 7) is 2.10. The van der Waals surface area contributed by atoms with Crippen LogP contribution in [0.5, 0.6) is 0 Å². The highest BCUT2D eigenvalue weighted by atomic mass is 19.1. The van der Waals surface area contributed by atoms with Crippen molar-refractivity contribution in [1.82, 2.24) is 24.1 Å². The zero-order chi connectivity index (χ0) is 24.1. The zero-order valence-electron chi connectivity index (χ0n) is 18.7. The summed E-state index contributed by atoms with van der Waals surface area (Å²) in [5, 5.41) is 8.64. The van der Waals surface area contributed by atoms with E-state index < -0.39 is 11.6 Å². The molecule has 6 rings (SSSR count). The lowest BCUT2D eigenvalue weighted by atomic mass is 10.1. The average Bonchev–Trinajstić information content (AvgIpc) is 3.51. The largest absolute Gasteiger partial charge is 0.340 e. The first-order valence-corrected chi connectivity index (χ1v) is 11.1. The van der Waals surface area contributed by atoms with Gasteiger partial charge in [0.15, 0.2) is 0 Å². The quantitative estimate of drug-likeness (QED) is 0.362. The van der Waals surface area contributed by atoms with Gasteiger partial charge in [0.2, 0.25) is 0 Å². The second-order valence-electron chi connectivity index (χ2n) is 8.39. The lowest BCUT2D eigenvalue weighted by Crippen LogP contribution is -2.16. The maximum absolute atomic E-state index is 15.1.